The lowest BCUT2D eigenvalue weighted by molar-refractivity contribution is 0.0705. The van der Waals surface area contributed by atoms with E-state index in [9.17, 15) is 4.79 Å². The minimum absolute atomic E-state index is 0.0342. The fourth-order valence-corrected chi connectivity index (χ4v) is 3.53. The van der Waals surface area contributed by atoms with Gasteiger partial charge in [0.05, 0.1) is 5.56 Å². The Labute approximate surface area is 146 Å². The average molecular weight is 335 g/mol. The molecule has 1 unspecified atom stereocenters. The number of aromatic nitrogens is 2. The molecule has 0 aliphatic carbocycles. The maximum absolute atomic E-state index is 13.2. The Balaban J connectivity index is 1.61. The fraction of sp³-hybridized carbons (Fsp3) is 0.300. The molecule has 1 saturated heterocycles. The molecule has 0 spiro atoms. The Hall–Kier alpha value is -2.82. The van der Waals surface area contributed by atoms with Crippen LogP contribution in [0.5, 0.6) is 0 Å². The Bertz CT molecular complexity index is 852. The third kappa shape index (κ3) is 3.09. The maximum Gasteiger partial charge on any atom is 0.257 e. The summed E-state index contributed by atoms with van der Waals surface area (Å²) in [5.41, 5.74) is 1.57. The van der Waals surface area contributed by atoms with Crippen LogP contribution in [0.1, 0.15) is 40.7 Å². The van der Waals surface area contributed by atoms with Crippen molar-refractivity contribution in [2.24, 2.45) is 0 Å². The number of hydrogen-bond donors (Lipinski definition) is 1. The first-order valence-electron chi connectivity index (χ1n) is 8.67. The van der Waals surface area contributed by atoms with Crippen LogP contribution < -0.4 is 0 Å². The summed E-state index contributed by atoms with van der Waals surface area (Å²) in [6, 6.07) is 11.7. The van der Waals surface area contributed by atoms with E-state index in [0.29, 0.717) is 17.9 Å². The van der Waals surface area contributed by atoms with Crippen molar-refractivity contribution in [3.63, 3.8) is 0 Å². The number of rotatable bonds is 3. The SMILES string of the molecule is Cc1cc(C(=O)N2CCCC(c3ncc[nH]3)C2)c(-c2ccccc2)o1. The highest BCUT2D eigenvalue weighted by Crippen LogP contribution is 2.31. The van der Waals surface area contributed by atoms with Crippen molar-refractivity contribution < 1.29 is 9.21 Å². The number of aryl methyl sites for hydroxylation is 1. The van der Waals surface area contributed by atoms with Crippen LogP contribution in [0.2, 0.25) is 0 Å². The number of piperidine rings is 1. The largest absolute Gasteiger partial charge is 0.461 e. The second-order valence-electron chi connectivity index (χ2n) is 6.53. The summed E-state index contributed by atoms with van der Waals surface area (Å²) in [6.45, 7) is 3.34. The molecular weight excluding hydrogens is 314 g/mol. The van der Waals surface area contributed by atoms with Crippen LogP contribution in [0.4, 0.5) is 0 Å². The van der Waals surface area contributed by atoms with Crippen molar-refractivity contribution in [3.8, 4) is 11.3 Å². The highest BCUT2D eigenvalue weighted by molar-refractivity contribution is 6.00. The lowest BCUT2D eigenvalue weighted by Gasteiger charge is -2.31. The molecule has 25 heavy (non-hydrogen) atoms. The predicted molar refractivity (Wildman–Crippen MR) is 95.3 cm³/mol. The number of furan rings is 1. The number of aromatic amines is 1. The zero-order valence-corrected chi connectivity index (χ0v) is 14.2. The molecule has 1 N–H and O–H groups in total. The van der Waals surface area contributed by atoms with Gasteiger partial charge in [-0.05, 0) is 25.8 Å². The van der Waals surface area contributed by atoms with Gasteiger partial charge in [-0.1, -0.05) is 30.3 Å². The first-order valence-corrected chi connectivity index (χ1v) is 8.67. The molecule has 0 bridgehead atoms. The van der Waals surface area contributed by atoms with Crippen LogP contribution in [-0.2, 0) is 0 Å². The van der Waals surface area contributed by atoms with E-state index in [1.54, 1.807) is 6.20 Å². The zero-order chi connectivity index (χ0) is 17.2. The van der Waals surface area contributed by atoms with E-state index < -0.39 is 0 Å². The van der Waals surface area contributed by atoms with E-state index in [0.717, 1.165) is 36.5 Å². The Kier molecular flexibility index (Phi) is 4.14. The molecule has 2 aromatic heterocycles. The Morgan fingerprint density at radius 2 is 2.16 bits per heavy atom. The third-order valence-electron chi connectivity index (χ3n) is 4.74. The molecule has 3 heterocycles. The fourth-order valence-electron chi connectivity index (χ4n) is 3.53. The number of carbonyl (C=O) groups is 1. The van der Waals surface area contributed by atoms with Gasteiger partial charge in [0.25, 0.3) is 5.91 Å². The smallest absolute Gasteiger partial charge is 0.257 e. The van der Waals surface area contributed by atoms with Gasteiger partial charge in [-0.3, -0.25) is 4.79 Å². The third-order valence-corrected chi connectivity index (χ3v) is 4.74. The van der Waals surface area contributed by atoms with E-state index in [1.807, 2.05) is 54.4 Å². The lowest BCUT2D eigenvalue weighted by atomic mass is 9.96. The molecule has 5 heteroatoms. The van der Waals surface area contributed by atoms with Crippen molar-refractivity contribution in [3.05, 3.63) is 65.9 Å². The monoisotopic (exact) mass is 335 g/mol. The molecule has 1 aromatic carbocycles. The van der Waals surface area contributed by atoms with Crippen LogP contribution in [0.3, 0.4) is 0 Å². The summed E-state index contributed by atoms with van der Waals surface area (Å²) in [7, 11) is 0. The highest BCUT2D eigenvalue weighted by Gasteiger charge is 2.29. The molecule has 1 atom stereocenters. The molecular formula is C20H21N3O2. The number of carbonyl (C=O) groups excluding carboxylic acids is 1. The van der Waals surface area contributed by atoms with Gasteiger partial charge in [0.15, 0.2) is 0 Å². The maximum atomic E-state index is 13.2. The minimum Gasteiger partial charge on any atom is -0.461 e. The standard InChI is InChI=1S/C20H21N3O2/c1-14-12-17(18(25-14)15-6-3-2-4-7-15)20(24)23-11-5-8-16(13-23)19-21-9-10-22-19/h2-4,6-7,9-10,12,16H,5,8,11,13H2,1H3,(H,21,22). The lowest BCUT2D eigenvalue weighted by Crippen LogP contribution is -2.39. The average Bonchev–Trinajstić information content (AvgIpc) is 3.32. The molecule has 5 nitrogen and oxygen atoms in total. The second-order valence-corrected chi connectivity index (χ2v) is 6.53. The number of likely N-dealkylation sites (tertiary alicyclic amines) is 1. The number of benzene rings is 1. The number of hydrogen-bond acceptors (Lipinski definition) is 3. The molecule has 1 aliphatic rings. The van der Waals surface area contributed by atoms with Gasteiger partial charge in [0, 0.05) is 37.0 Å². The zero-order valence-electron chi connectivity index (χ0n) is 14.2. The van der Waals surface area contributed by atoms with Crippen LogP contribution in [-0.4, -0.2) is 33.9 Å². The Morgan fingerprint density at radius 3 is 2.92 bits per heavy atom. The summed E-state index contributed by atoms with van der Waals surface area (Å²) in [5.74, 6) is 2.67. The molecule has 1 aliphatic heterocycles. The first-order chi connectivity index (χ1) is 12.2. The van der Waals surface area contributed by atoms with Gasteiger partial charge in [0.1, 0.15) is 17.3 Å². The summed E-state index contributed by atoms with van der Waals surface area (Å²) < 4.78 is 5.85. The Morgan fingerprint density at radius 1 is 1.32 bits per heavy atom. The van der Waals surface area contributed by atoms with Crippen LogP contribution >= 0.6 is 0 Å². The molecule has 128 valence electrons. The number of amides is 1. The molecule has 0 saturated carbocycles. The molecule has 3 aromatic rings. The molecule has 1 fully saturated rings. The minimum atomic E-state index is 0.0342. The highest BCUT2D eigenvalue weighted by atomic mass is 16.3. The van der Waals surface area contributed by atoms with Crippen molar-refractivity contribution in [2.75, 3.05) is 13.1 Å². The second kappa shape index (κ2) is 6.59. The quantitative estimate of drug-likeness (QED) is 0.787. The molecule has 1 amide bonds. The summed E-state index contributed by atoms with van der Waals surface area (Å²) in [6.07, 6.45) is 5.63. The van der Waals surface area contributed by atoms with Crippen molar-refractivity contribution >= 4 is 5.91 Å². The van der Waals surface area contributed by atoms with Crippen LogP contribution in [0, 0.1) is 6.92 Å². The van der Waals surface area contributed by atoms with E-state index in [-0.39, 0.29) is 11.8 Å². The predicted octanol–water partition coefficient (Wildman–Crippen LogP) is 4.00. The van der Waals surface area contributed by atoms with E-state index >= 15 is 0 Å². The first kappa shape index (κ1) is 15.7. The van der Waals surface area contributed by atoms with Crippen molar-refractivity contribution in [2.45, 2.75) is 25.7 Å². The van der Waals surface area contributed by atoms with Gasteiger partial charge in [-0.15, -0.1) is 0 Å². The number of nitrogens with one attached hydrogen (secondary N) is 1. The summed E-state index contributed by atoms with van der Waals surface area (Å²) in [4.78, 5) is 22.6. The topological polar surface area (TPSA) is 62.1 Å². The number of imidazole rings is 1. The van der Waals surface area contributed by atoms with Crippen LogP contribution in [0.15, 0.2) is 53.2 Å². The van der Waals surface area contributed by atoms with E-state index in [4.69, 9.17) is 4.42 Å². The number of nitrogens with zero attached hydrogens (tertiary/aromatic N) is 2. The van der Waals surface area contributed by atoms with Gasteiger partial charge in [-0.25, -0.2) is 4.98 Å². The van der Waals surface area contributed by atoms with Crippen molar-refractivity contribution in [1.29, 1.82) is 0 Å². The van der Waals surface area contributed by atoms with Crippen LogP contribution in [0.25, 0.3) is 11.3 Å². The van der Waals surface area contributed by atoms with Gasteiger partial charge in [-0.2, -0.15) is 0 Å². The van der Waals surface area contributed by atoms with E-state index in [2.05, 4.69) is 9.97 Å². The van der Waals surface area contributed by atoms with Gasteiger partial charge in [0.2, 0.25) is 0 Å². The van der Waals surface area contributed by atoms with Gasteiger partial charge >= 0.3 is 0 Å². The summed E-state index contributed by atoms with van der Waals surface area (Å²) in [5, 5.41) is 0. The normalized spacial score (nSPS) is 17.6. The van der Waals surface area contributed by atoms with Crippen molar-refractivity contribution in [1.82, 2.24) is 14.9 Å². The summed E-state index contributed by atoms with van der Waals surface area (Å²) >= 11 is 0. The van der Waals surface area contributed by atoms with E-state index in [1.165, 1.54) is 0 Å². The van der Waals surface area contributed by atoms with Gasteiger partial charge < -0.3 is 14.3 Å². The molecule has 0 radical (unpaired) electrons. The molecule has 4 rings (SSSR count). The number of H-pyrrole nitrogens is 1.